The van der Waals surface area contributed by atoms with Crippen LogP contribution in [0.4, 0.5) is 0 Å². The monoisotopic (exact) mass is 368 g/mol. The molecule has 2 saturated carbocycles. The summed E-state index contributed by atoms with van der Waals surface area (Å²) in [7, 11) is 0. The van der Waals surface area contributed by atoms with Crippen molar-refractivity contribution < 1.29 is 9.53 Å². The molecule has 1 aromatic rings. The van der Waals surface area contributed by atoms with Crippen molar-refractivity contribution in [2.24, 2.45) is 23.7 Å². The average molecular weight is 369 g/mol. The van der Waals surface area contributed by atoms with Crippen LogP contribution in [0.25, 0.3) is 0 Å². The van der Waals surface area contributed by atoms with Gasteiger partial charge in [0, 0.05) is 5.56 Å². The largest absolute Gasteiger partial charge is 0.493 e. The van der Waals surface area contributed by atoms with Crippen LogP contribution in [0.5, 0.6) is 5.75 Å². The lowest BCUT2D eigenvalue weighted by Gasteiger charge is -2.37. The second-order valence-electron chi connectivity index (χ2n) is 8.75. The maximum Gasteiger partial charge on any atom is 0.185 e. The van der Waals surface area contributed by atoms with Crippen LogP contribution in [0.15, 0.2) is 36.9 Å². The molecule has 0 amide bonds. The zero-order chi connectivity index (χ0) is 19.1. The summed E-state index contributed by atoms with van der Waals surface area (Å²) in [5.74, 6) is 4.50. The first-order valence-electron chi connectivity index (χ1n) is 11.1. The van der Waals surface area contributed by atoms with Gasteiger partial charge in [0.15, 0.2) is 5.78 Å². The molecule has 2 nitrogen and oxygen atoms in total. The number of benzene rings is 1. The third-order valence-corrected chi connectivity index (χ3v) is 6.96. The Morgan fingerprint density at radius 2 is 1.52 bits per heavy atom. The highest BCUT2D eigenvalue weighted by Crippen LogP contribution is 2.42. The predicted molar refractivity (Wildman–Crippen MR) is 112 cm³/mol. The molecule has 2 fully saturated rings. The fraction of sp³-hybridized carbons (Fsp3) is 0.640. The molecule has 0 spiro atoms. The summed E-state index contributed by atoms with van der Waals surface area (Å²) in [5, 5.41) is 0. The predicted octanol–water partition coefficient (Wildman–Crippen LogP) is 6.85. The first-order chi connectivity index (χ1) is 13.2. The Hall–Kier alpha value is -1.57. The Balaban J connectivity index is 1.37. The minimum absolute atomic E-state index is 0.0383. The maximum atomic E-state index is 11.6. The molecule has 0 saturated heterocycles. The molecule has 27 heavy (non-hydrogen) atoms. The van der Waals surface area contributed by atoms with Crippen molar-refractivity contribution in [1.29, 1.82) is 0 Å². The van der Waals surface area contributed by atoms with Crippen molar-refractivity contribution in [3.8, 4) is 5.75 Å². The lowest BCUT2D eigenvalue weighted by atomic mass is 9.69. The van der Waals surface area contributed by atoms with Crippen LogP contribution in [0.1, 0.15) is 81.5 Å². The molecule has 2 aliphatic rings. The van der Waals surface area contributed by atoms with Gasteiger partial charge in [-0.15, -0.1) is 0 Å². The third kappa shape index (κ3) is 5.70. The number of rotatable bonds is 8. The molecule has 0 unspecified atom stereocenters. The van der Waals surface area contributed by atoms with Gasteiger partial charge in [0.2, 0.25) is 0 Å². The van der Waals surface area contributed by atoms with Crippen molar-refractivity contribution in [2.45, 2.75) is 71.1 Å². The average Bonchev–Trinajstić information content (AvgIpc) is 2.73. The van der Waals surface area contributed by atoms with Crippen LogP contribution in [0, 0.1) is 23.7 Å². The van der Waals surface area contributed by atoms with Gasteiger partial charge in [0.1, 0.15) is 5.75 Å². The number of carbonyl (C=O) groups is 1. The van der Waals surface area contributed by atoms with E-state index in [1.54, 1.807) is 0 Å². The molecule has 0 N–H and O–H groups in total. The molecule has 0 aromatic heterocycles. The number of ketones is 1. The number of hydrogen-bond acceptors (Lipinski definition) is 2. The third-order valence-electron chi connectivity index (χ3n) is 6.96. The topological polar surface area (TPSA) is 26.3 Å². The van der Waals surface area contributed by atoms with E-state index in [-0.39, 0.29) is 5.78 Å². The van der Waals surface area contributed by atoms with Gasteiger partial charge in [-0.3, -0.25) is 4.79 Å². The van der Waals surface area contributed by atoms with Gasteiger partial charge in [-0.25, -0.2) is 0 Å². The lowest BCUT2D eigenvalue weighted by Crippen LogP contribution is -2.27. The van der Waals surface area contributed by atoms with Gasteiger partial charge in [0.05, 0.1) is 6.61 Å². The summed E-state index contributed by atoms with van der Waals surface area (Å²) < 4.78 is 6.00. The van der Waals surface area contributed by atoms with Crippen molar-refractivity contribution in [3.05, 3.63) is 42.5 Å². The fourth-order valence-electron chi connectivity index (χ4n) is 5.23. The Labute approximate surface area is 165 Å². The quantitative estimate of drug-likeness (QED) is 0.370. The van der Waals surface area contributed by atoms with E-state index in [1.807, 2.05) is 24.3 Å². The summed E-state index contributed by atoms with van der Waals surface area (Å²) in [4.78, 5) is 11.6. The SMILES string of the molecule is C=CC(=O)c1ccc(OCC2CCC(C3CCC(CCC)CC3)CC2)cc1. The maximum absolute atomic E-state index is 11.6. The molecule has 1 aromatic carbocycles. The number of hydrogen-bond donors (Lipinski definition) is 0. The van der Waals surface area contributed by atoms with Crippen LogP contribution in [0.2, 0.25) is 0 Å². The van der Waals surface area contributed by atoms with Crippen molar-refractivity contribution in [3.63, 3.8) is 0 Å². The van der Waals surface area contributed by atoms with Crippen LogP contribution in [-0.4, -0.2) is 12.4 Å². The molecular formula is C25H36O2. The molecule has 0 radical (unpaired) electrons. The zero-order valence-corrected chi connectivity index (χ0v) is 17.0. The van der Waals surface area contributed by atoms with Gasteiger partial charge < -0.3 is 4.74 Å². The van der Waals surface area contributed by atoms with E-state index in [9.17, 15) is 4.79 Å². The summed E-state index contributed by atoms with van der Waals surface area (Å²) >= 11 is 0. The standard InChI is InChI=1S/C25H36O2/c1-3-5-19-6-10-21(11-7-19)22-12-8-20(9-13-22)18-27-24-16-14-23(15-17-24)25(26)4-2/h4,14-17,19-22H,2-3,5-13,18H2,1H3. The second-order valence-corrected chi connectivity index (χ2v) is 8.75. The minimum atomic E-state index is -0.0383. The smallest absolute Gasteiger partial charge is 0.185 e. The van der Waals surface area contributed by atoms with Crippen LogP contribution < -0.4 is 4.74 Å². The van der Waals surface area contributed by atoms with Gasteiger partial charge >= 0.3 is 0 Å². The Kier molecular flexibility index (Phi) is 7.55. The van der Waals surface area contributed by atoms with Crippen LogP contribution in [0.3, 0.4) is 0 Å². The Morgan fingerprint density at radius 1 is 0.963 bits per heavy atom. The Morgan fingerprint density at radius 3 is 2.04 bits per heavy atom. The van der Waals surface area contributed by atoms with E-state index in [1.165, 1.54) is 70.3 Å². The lowest BCUT2D eigenvalue weighted by molar-refractivity contribution is 0.104. The molecular weight excluding hydrogens is 332 g/mol. The number of ether oxygens (including phenoxy) is 1. The van der Waals surface area contributed by atoms with E-state index in [2.05, 4.69) is 13.5 Å². The molecule has 0 aliphatic heterocycles. The zero-order valence-electron chi connectivity index (χ0n) is 17.0. The highest BCUT2D eigenvalue weighted by Gasteiger charge is 2.30. The fourth-order valence-corrected chi connectivity index (χ4v) is 5.23. The van der Waals surface area contributed by atoms with E-state index in [4.69, 9.17) is 4.74 Å². The van der Waals surface area contributed by atoms with Gasteiger partial charge in [0.25, 0.3) is 0 Å². The molecule has 2 aliphatic carbocycles. The Bertz CT molecular complexity index is 587. The summed E-state index contributed by atoms with van der Waals surface area (Å²) in [6.45, 7) is 6.66. The molecule has 2 heteroatoms. The van der Waals surface area contributed by atoms with Crippen molar-refractivity contribution in [1.82, 2.24) is 0 Å². The molecule has 148 valence electrons. The summed E-state index contributed by atoms with van der Waals surface area (Å²) in [6, 6.07) is 7.45. The summed E-state index contributed by atoms with van der Waals surface area (Å²) in [5.41, 5.74) is 0.673. The van der Waals surface area contributed by atoms with Crippen molar-refractivity contribution in [2.75, 3.05) is 6.61 Å². The van der Waals surface area contributed by atoms with E-state index in [0.717, 1.165) is 30.1 Å². The van der Waals surface area contributed by atoms with Gasteiger partial charge in [-0.1, -0.05) is 39.2 Å². The van der Waals surface area contributed by atoms with Crippen molar-refractivity contribution >= 4 is 5.78 Å². The second kappa shape index (κ2) is 10.1. The van der Waals surface area contributed by atoms with Gasteiger partial charge in [-0.05, 0) is 92.5 Å². The van der Waals surface area contributed by atoms with Gasteiger partial charge in [-0.2, -0.15) is 0 Å². The van der Waals surface area contributed by atoms with E-state index >= 15 is 0 Å². The molecule has 3 rings (SSSR count). The molecule has 0 heterocycles. The minimum Gasteiger partial charge on any atom is -0.493 e. The number of allylic oxidation sites excluding steroid dienone is 1. The molecule has 0 atom stereocenters. The van der Waals surface area contributed by atoms with E-state index < -0.39 is 0 Å². The van der Waals surface area contributed by atoms with E-state index in [0.29, 0.717) is 11.5 Å². The first kappa shape index (κ1) is 20.2. The highest BCUT2D eigenvalue weighted by molar-refractivity contribution is 6.04. The van der Waals surface area contributed by atoms with Crippen LogP contribution in [-0.2, 0) is 0 Å². The highest BCUT2D eigenvalue weighted by atomic mass is 16.5. The first-order valence-corrected chi connectivity index (χ1v) is 11.1. The molecule has 0 bridgehead atoms. The normalized spacial score (nSPS) is 28.5. The summed E-state index contributed by atoms with van der Waals surface area (Å²) in [6.07, 6.45) is 15.5. The number of carbonyl (C=O) groups excluding carboxylic acids is 1. The van der Waals surface area contributed by atoms with Crippen LogP contribution >= 0.6 is 0 Å².